The quantitative estimate of drug-likeness (QED) is 0.578. The fourth-order valence-electron chi connectivity index (χ4n) is 1.32. The first-order chi connectivity index (χ1) is 4.22. The molecule has 0 aromatic rings. The van der Waals surface area contributed by atoms with Gasteiger partial charge in [0.15, 0.2) is 0 Å². The lowest BCUT2D eigenvalue weighted by Gasteiger charge is -2.28. The van der Waals surface area contributed by atoms with Gasteiger partial charge in [-0.3, -0.25) is 0 Å². The van der Waals surface area contributed by atoms with Crippen molar-refractivity contribution in [3.05, 3.63) is 0 Å². The molecule has 0 aromatic heterocycles. The number of piperidine rings is 1. The van der Waals surface area contributed by atoms with Crippen molar-refractivity contribution >= 4 is 12.4 Å². The van der Waals surface area contributed by atoms with Gasteiger partial charge in [-0.2, -0.15) is 0 Å². The maximum absolute atomic E-state index is 12.9. The van der Waals surface area contributed by atoms with Crippen LogP contribution in [0.2, 0.25) is 0 Å². The molecule has 3 heteroatoms. The summed E-state index contributed by atoms with van der Waals surface area (Å²) in [5, 5.41) is 3.17. The average molecular weight is 168 g/mol. The number of halogens is 2. The maximum Gasteiger partial charge on any atom is 0.108 e. The van der Waals surface area contributed by atoms with Crippen LogP contribution in [0.15, 0.2) is 0 Å². The third kappa shape index (κ3) is 2.10. The van der Waals surface area contributed by atoms with Crippen LogP contribution in [-0.4, -0.2) is 19.3 Å². The average Bonchev–Trinajstić information content (AvgIpc) is 1.83. The molecule has 1 fully saturated rings. The zero-order valence-corrected chi connectivity index (χ0v) is 7.25. The monoisotopic (exact) mass is 167 g/mol. The molecule has 1 heterocycles. The van der Waals surface area contributed by atoms with E-state index in [-0.39, 0.29) is 24.2 Å². The van der Waals surface area contributed by atoms with E-state index in [2.05, 4.69) is 5.32 Å². The third-order valence-electron chi connectivity index (χ3n) is 2.02. The van der Waals surface area contributed by atoms with Crippen LogP contribution in [0, 0.1) is 11.8 Å². The number of rotatable bonds is 0. The Labute approximate surface area is 67.8 Å². The summed E-state index contributed by atoms with van der Waals surface area (Å²) >= 11 is 0. The first-order valence-electron chi connectivity index (χ1n) is 3.56. The van der Waals surface area contributed by atoms with Gasteiger partial charge in [0.2, 0.25) is 0 Å². The summed E-state index contributed by atoms with van der Waals surface area (Å²) in [5.74, 6) is 0.405. The normalized spacial score (nSPS) is 40.5. The van der Waals surface area contributed by atoms with Gasteiger partial charge in [-0.25, -0.2) is 4.39 Å². The molecule has 0 unspecified atom stereocenters. The minimum absolute atomic E-state index is 0. The smallest absolute Gasteiger partial charge is 0.108 e. The molecule has 1 saturated heterocycles. The molecule has 10 heavy (non-hydrogen) atoms. The van der Waals surface area contributed by atoms with Crippen molar-refractivity contribution in [1.82, 2.24) is 5.32 Å². The highest BCUT2D eigenvalue weighted by atomic mass is 35.5. The highest BCUT2D eigenvalue weighted by molar-refractivity contribution is 5.85. The molecule has 0 bridgehead atoms. The van der Waals surface area contributed by atoms with Gasteiger partial charge in [-0.15, -0.1) is 12.4 Å². The van der Waals surface area contributed by atoms with Crippen LogP contribution < -0.4 is 5.32 Å². The van der Waals surface area contributed by atoms with Crippen molar-refractivity contribution in [1.29, 1.82) is 0 Å². The Balaban J connectivity index is 0.000000810. The van der Waals surface area contributed by atoms with Crippen LogP contribution in [0.4, 0.5) is 4.39 Å². The van der Waals surface area contributed by atoms with Gasteiger partial charge in [0, 0.05) is 24.9 Å². The molecular formula is C7H15ClFN. The lowest BCUT2D eigenvalue weighted by molar-refractivity contribution is 0.133. The Hall–Kier alpha value is 0.180. The van der Waals surface area contributed by atoms with Crippen molar-refractivity contribution in [3.8, 4) is 0 Å². The summed E-state index contributed by atoms with van der Waals surface area (Å²) < 4.78 is 12.9. The molecule has 1 nitrogen and oxygen atoms in total. The van der Waals surface area contributed by atoms with Gasteiger partial charge >= 0.3 is 0 Å². The van der Waals surface area contributed by atoms with E-state index in [0.717, 1.165) is 13.1 Å². The number of hydrogen-bond acceptors (Lipinski definition) is 1. The molecular weight excluding hydrogens is 153 g/mol. The lowest BCUT2D eigenvalue weighted by Crippen LogP contribution is -2.42. The Morgan fingerprint density at radius 3 is 1.90 bits per heavy atom. The van der Waals surface area contributed by atoms with Gasteiger partial charge in [0.1, 0.15) is 6.17 Å². The highest BCUT2D eigenvalue weighted by Gasteiger charge is 2.26. The Kier molecular flexibility index (Phi) is 4.22. The van der Waals surface area contributed by atoms with Crippen molar-refractivity contribution in [3.63, 3.8) is 0 Å². The molecule has 0 saturated carbocycles. The fourth-order valence-corrected chi connectivity index (χ4v) is 1.32. The van der Waals surface area contributed by atoms with Crippen LogP contribution in [0.1, 0.15) is 13.8 Å². The largest absolute Gasteiger partial charge is 0.316 e. The van der Waals surface area contributed by atoms with E-state index < -0.39 is 6.17 Å². The molecule has 1 aliphatic heterocycles. The summed E-state index contributed by atoms with van der Waals surface area (Å²) in [4.78, 5) is 0. The summed E-state index contributed by atoms with van der Waals surface area (Å²) in [6.07, 6.45) is -0.591. The lowest BCUT2D eigenvalue weighted by atomic mass is 9.91. The van der Waals surface area contributed by atoms with Crippen molar-refractivity contribution in [2.24, 2.45) is 11.8 Å². The minimum atomic E-state index is -0.591. The van der Waals surface area contributed by atoms with Gasteiger partial charge in [-0.1, -0.05) is 13.8 Å². The predicted octanol–water partition coefficient (Wildman–Crippen LogP) is 1.62. The second-order valence-electron chi connectivity index (χ2n) is 3.06. The SMILES string of the molecule is C[C@@H]1CNC[C@H](C)[C@H]1F.Cl. The van der Waals surface area contributed by atoms with Crippen molar-refractivity contribution in [2.75, 3.05) is 13.1 Å². The van der Waals surface area contributed by atoms with Crippen molar-refractivity contribution in [2.45, 2.75) is 20.0 Å². The molecule has 3 atom stereocenters. The van der Waals surface area contributed by atoms with E-state index in [1.165, 1.54) is 0 Å². The number of hydrogen-bond donors (Lipinski definition) is 1. The summed E-state index contributed by atoms with van der Waals surface area (Å²) in [5.41, 5.74) is 0. The Morgan fingerprint density at radius 2 is 1.60 bits per heavy atom. The maximum atomic E-state index is 12.9. The van der Waals surface area contributed by atoms with E-state index in [1.54, 1.807) is 0 Å². The van der Waals surface area contributed by atoms with Crippen LogP contribution in [0.3, 0.4) is 0 Å². The van der Waals surface area contributed by atoms with Gasteiger partial charge in [-0.05, 0) is 0 Å². The van der Waals surface area contributed by atoms with Gasteiger partial charge in [0.05, 0.1) is 0 Å². The molecule has 0 amide bonds. The number of nitrogens with one attached hydrogen (secondary N) is 1. The highest BCUT2D eigenvalue weighted by Crippen LogP contribution is 2.19. The zero-order valence-electron chi connectivity index (χ0n) is 6.43. The Bertz CT molecular complexity index is 89.6. The number of alkyl halides is 1. The first-order valence-corrected chi connectivity index (χ1v) is 3.56. The van der Waals surface area contributed by atoms with Crippen LogP contribution >= 0.6 is 12.4 Å². The van der Waals surface area contributed by atoms with Crippen molar-refractivity contribution < 1.29 is 4.39 Å². The third-order valence-corrected chi connectivity index (χ3v) is 2.02. The first kappa shape index (κ1) is 10.2. The molecule has 1 aliphatic rings. The fraction of sp³-hybridized carbons (Fsp3) is 1.00. The van der Waals surface area contributed by atoms with Gasteiger partial charge < -0.3 is 5.32 Å². The van der Waals surface area contributed by atoms with Crippen LogP contribution in [0.5, 0.6) is 0 Å². The van der Waals surface area contributed by atoms with Gasteiger partial charge in [0.25, 0.3) is 0 Å². The standard InChI is InChI=1S/C7H14FN.ClH/c1-5-3-9-4-6(2)7(5)8;/h5-7,9H,3-4H2,1-2H3;1H/t5-,6+,7+;. The zero-order chi connectivity index (χ0) is 6.85. The summed E-state index contributed by atoms with van der Waals surface area (Å²) in [7, 11) is 0. The molecule has 1 rings (SSSR count). The molecule has 0 aliphatic carbocycles. The molecule has 0 spiro atoms. The van der Waals surface area contributed by atoms with E-state index in [1.807, 2.05) is 13.8 Å². The summed E-state index contributed by atoms with van der Waals surface area (Å²) in [6, 6.07) is 0. The van der Waals surface area contributed by atoms with E-state index >= 15 is 0 Å². The van der Waals surface area contributed by atoms with Crippen LogP contribution in [0.25, 0.3) is 0 Å². The molecule has 1 N–H and O–H groups in total. The predicted molar refractivity (Wildman–Crippen MR) is 43.3 cm³/mol. The Morgan fingerprint density at radius 1 is 1.20 bits per heavy atom. The summed E-state index contributed by atoms with van der Waals surface area (Å²) in [6.45, 7) is 5.58. The second-order valence-corrected chi connectivity index (χ2v) is 3.06. The van der Waals surface area contributed by atoms with E-state index in [0.29, 0.717) is 0 Å². The molecule has 62 valence electrons. The van der Waals surface area contributed by atoms with E-state index in [4.69, 9.17) is 0 Å². The minimum Gasteiger partial charge on any atom is -0.316 e. The molecule has 0 radical (unpaired) electrons. The van der Waals surface area contributed by atoms with E-state index in [9.17, 15) is 4.39 Å². The molecule has 0 aromatic carbocycles. The topological polar surface area (TPSA) is 12.0 Å². The van der Waals surface area contributed by atoms with Crippen LogP contribution in [-0.2, 0) is 0 Å². The second kappa shape index (κ2) is 4.14.